The highest BCUT2D eigenvalue weighted by atomic mass is 16.5. The van der Waals surface area contributed by atoms with Gasteiger partial charge in [-0.1, -0.05) is 72.8 Å². The van der Waals surface area contributed by atoms with Crippen molar-refractivity contribution < 1.29 is 23.9 Å². The molecular weight excluding hydrogens is 478 g/mol. The summed E-state index contributed by atoms with van der Waals surface area (Å²) in [5.41, 5.74) is 1.42. The molecule has 0 saturated carbocycles. The number of carbonyl (C=O) groups is 4. The summed E-state index contributed by atoms with van der Waals surface area (Å²) in [6, 6.07) is 25.2. The highest BCUT2D eigenvalue weighted by Crippen LogP contribution is 2.58. The third kappa shape index (κ3) is 2.75. The summed E-state index contributed by atoms with van der Waals surface area (Å²) in [5.74, 6) is -4.46. The van der Waals surface area contributed by atoms with Gasteiger partial charge in [0, 0.05) is 11.1 Å². The summed E-state index contributed by atoms with van der Waals surface area (Å²) in [5, 5.41) is 1.78. The highest BCUT2D eigenvalue weighted by molar-refractivity contribution is 6.37. The van der Waals surface area contributed by atoms with E-state index in [1.54, 1.807) is 36.4 Å². The van der Waals surface area contributed by atoms with Crippen LogP contribution in [0.5, 0.6) is 0 Å². The summed E-state index contributed by atoms with van der Waals surface area (Å²) in [7, 11) is 0. The van der Waals surface area contributed by atoms with Gasteiger partial charge >= 0.3 is 0 Å². The third-order valence-electron chi connectivity index (χ3n) is 8.40. The molecule has 2 saturated heterocycles. The fraction of sp³-hybridized carbons (Fsp3) is 0.188. The van der Waals surface area contributed by atoms with Gasteiger partial charge < -0.3 is 4.74 Å². The molecule has 38 heavy (non-hydrogen) atoms. The first-order chi connectivity index (χ1) is 18.3. The first kappa shape index (κ1) is 22.8. The quantitative estimate of drug-likeness (QED) is 0.280. The molecule has 6 nitrogen and oxygen atoms in total. The Morgan fingerprint density at radius 2 is 1.37 bits per heavy atom. The molecule has 2 fully saturated rings. The Morgan fingerprint density at radius 3 is 2.08 bits per heavy atom. The third-order valence-corrected chi connectivity index (χ3v) is 8.40. The number of nitrogens with zero attached hydrogens (tertiary/aromatic N) is 1. The van der Waals surface area contributed by atoms with Gasteiger partial charge in [0.1, 0.15) is 0 Å². The van der Waals surface area contributed by atoms with Gasteiger partial charge in [-0.3, -0.25) is 19.2 Å². The van der Waals surface area contributed by atoms with E-state index in [1.165, 1.54) is 0 Å². The maximum absolute atomic E-state index is 14.2. The number of hydrogen-bond acceptors (Lipinski definition) is 5. The van der Waals surface area contributed by atoms with Gasteiger partial charge in [-0.05, 0) is 53.4 Å². The summed E-state index contributed by atoms with van der Waals surface area (Å²) < 4.78 is 6.48. The van der Waals surface area contributed by atoms with Gasteiger partial charge in [-0.15, -0.1) is 0 Å². The van der Waals surface area contributed by atoms with E-state index in [9.17, 15) is 19.2 Å². The Hall–Kier alpha value is -4.42. The average Bonchev–Trinajstić information content (AvgIpc) is 3.50. The molecule has 4 aromatic carbocycles. The minimum absolute atomic E-state index is 0.222. The Labute approximate surface area is 218 Å². The Bertz CT molecular complexity index is 1700. The summed E-state index contributed by atoms with van der Waals surface area (Å²) in [6.45, 7) is 3.86. The minimum Gasteiger partial charge on any atom is -0.349 e. The molecule has 7 rings (SSSR count). The molecule has 0 bridgehead atoms. The van der Waals surface area contributed by atoms with E-state index in [0.717, 1.165) is 26.8 Å². The van der Waals surface area contributed by atoms with Gasteiger partial charge in [0.05, 0.1) is 23.6 Å². The average molecular weight is 502 g/mol. The van der Waals surface area contributed by atoms with E-state index in [2.05, 4.69) is 0 Å². The van der Waals surface area contributed by atoms with Crippen molar-refractivity contribution in [2.75, 3.05) is 4.90 Å². The van der Waals surface area contributed by atoms with E-state index in [0.29, 0.717) is 11.3 Å². The van der Waals surface area contributed by atoms with Crippen LogP contribution in [0.15, 0.2) is 84.9 Å². The number of Topliss-reactive ketones (excluding diaryl/α,β-unsaturated/α-hetero) is 2. The normalized spacial score (nSPS) is 23.5. The van der Waals surface area contributed by atoms with Gasteiger partial charge in [-0.25, -0.2) is 4.90 Å². The van der Waals surface area contributed by atoms with Gasteiger partial charge in [0.15, 0.2) is 0 Å². The molecule has 0 N–H and O–H groups in total. The molecule has 4 aromatic rings. The van der Waals surface area contributed by atoms with E-state index in [-0.39, 0.29) is 11.1 Å². The number of imide groups is 1. The Kier molecular flexibility index (Phi) is 4.66. The van der Waals surface area contributed by atoms with Crippen LogP contribution in [0.25, 0.3) is 10.8 Å². The molecule has 3 aliphatic rings. The lowest BCUT2D eigenvalue weighted by Gasteiger charge is -2.27. The molecule has 3 atom stereocenters. The van der Waals surface area contributed by atoms with Gasteiger partial charge in [-0.2, -0.15) is 0 Å². The number of ether oxygens (including phenoxy) is 1. The zero-order valence-electron chi connectivity index (χ0n) is 20.8. The maximum atomic E-state index is 14.2. The van der Waals surface area contributed by atoms with Crippen LogP contribution in [0.2, 0.25) is 0 Å². The lowest BCUT2D eigenvalue weighted by Crippen LogP contribution is -2.51. The summed E-state index contributed by atoms with van der Waals surface area (Å²) >= 11 is 0. The molecule has 0 unspecified atom stereocenters. The first-order valence-corrected chi connectivity index (χ1v) is 12.6. The van der Waals surface area contributed by atoms with Gasteiger partial charge in [0.2, 0.25) is 29.0 Å². The van der Waals surface area contributed by atoms with Crippen LogP contribution in [0.1, 0.15) is 43.5 Å². The predicted octanol–water partition coefficient (Wildman–Crippen LogP) is 5.15. The van der Waals surface area contributed by atoms with Crippen molar-refractivity contribution in [2.24, 2.45) is 11.8 Å². The topological polar surface area (TPSA) is 80.8 Å². The van der Waals surface area contributed by atoms with Crippen LogP contribution in [0.4, 0.5) is 5.69 Å². The van der Waals surface area contributed by atoms with Crippen LogP contribution in [0.3, 0.4) is 0 Å². The number of fused-ring (bicyclic) bond motifs is 4. The molecule has 6 heteroatoms. The van der Waals surface area contributed by atoms with Crippen LogP contribution in [0, 0.1) is 25.7 Å². The van der Waals surface area contributed by atoms with Crippen molar-refractivity contribution in [3.05, 3.63) is 113 Å². The number of ketones is 2. The molecule has 2 heterocycles. The van der Waals surface area contributed by atoms with E-state index < -0.39 is 46.9 Å². The molecule has 186 valence electrons. The lowest BCUT2D eigenvalue weighted by molar-refractivity contribution is -0.127. The molecule has 2 aliphatic heterocycles. The largest absolute Gasteiger partial charge is 0.349 e. The number of aryl methyl sites for hydroxylation is 2. The van der Waals surface area contributed by atoms with Crippen molar-refractivity contribution in [2.45, 2.75) is 25.6 Å². The first-order valence-electron chi connectivity index (χ1n) is 12.6. The van der Waals surface area contributed by atoms with Crippen molar-refractivity contribution in [1.29, 1.82) is 0 Å². The SMILES string of the molecule is Cc1ccc(N2C(=O)[C@@H]3[C@@H](C2=O)C2(O[C@H]3c3cccc4ccccc34)C(=O)c3ccccc3C2=O)cc1C. The van der Waals surface area contributed by atoms with Crippen molar-refractivity contribution in [3.8, 4) is 0 Å². The van der Waals surface area contributed by atoms with Crippen LogP contribution in [-0.4, -0.2) is 29.0 Å². The molecule has 1 aliphatic carbocycles. The lowest BCUT2D eigenvalue weighted by atomic mass is 9.77. The number of amides is 2. The number of benzene rings is 4. The van der Waals surface area contributed by atoms with Crippen molar-refractivity contribution >= 4 is 39.8 Å². The fourth-order valence-corrected chi connectivity index (χ4v) is 6.42. The van der Waals surface area contributed by atoms with Crippen molar-refractivity contribution in [3.63, 3.8) is 0 Å². The standard InChI is InChI=1S/C32H23NO5/c1-17-14-15-20(16-18(17)2)33-30(36)25-26(31(33)37)32(28(34)23-11-5-6-12-24(23)29(32)35)38-27(25)22-13-7-9-19-8-3-4-10-21(19)22/h3-16,25-27H,1-2H3/t25-,26+,27+/m1/s1. The molecule has 0 radical (unpaired) electrons. The summed E-state index contributed by atoms with van der Waals surface area (Å²) in [4.78, 5) is 57.4. The van der Waals surface area contributed by atoms with E-state index in [4.69, 9.17) is 4.74 Å². The number of carbonyl (C=O) groups excluding carboxylic acids is 4. The fourth-order valence-electron chi connectivity index (χ4n) is 6.42. The van der Waals surface area contributed by atoms with Crippen molar-refractivity contribution in [1.82, 2.24) is 0 Å². The molecule has 0 aromatic heterocycles. The summed E-state index contributed by atoms with van der Waals surface area (Å²) in [6.07, 6.45) is -0.957. The second kappa shape index (κ2) is 7.79. The highest BCUT2D eigenvalue weighted by Gasteiger charge is 2.74. The zero-order valence-corrected chi connectivity index (χ0v) is 20.8. The van der Waals surface area contributed by atoms with E-state index >= 15 is 0 Å². The Morgan fingerprint density at radius 1 is 0.711 bits per heavy atom. The second-order valence-electron chi connectivity index (χ2n) is 10.3. The number of hydrogen-bond donors (Lipinski definition) is 0. The van der Waals surface area contributed by atoms with Crippen LogP contribution < -0.4 is 4.90 Å². The zero-order chi connectivity index (χ0) is 26.3. The number of rotatable bonds is 2. The van der Waals surface area contributed by atoms with E-state index in [1.807, 2.05) is 62.4 Å². The molecule has 2 amide bonds. The smallest absolute Gasteiger partial charge is 0.241 e. The number of anilines is 1. The molecular formula is C32H23NO5. The Balaban J connectivity index is 1.46. The van der Waals surface area contributed by atoms with Gasteiger partial charge in [0.25, 0.3) is 0 Å². The van der Waals surface area contributed by atoms with Crippen LogP contribution >= 0.6 is 0 Å². The maximum Gasteiger partial charge on any atom is 0.241 e. The van der Waals surface area contributed by atoms with Crippen LogP contribution in [-0.2, 0) is 14.3 Å². The second-order valence-corrected chi connectivity index (χ2v) is 10.3. The molecule has 1 spiro atoms. The minimum atomic E-state index is -2.09. The predicted molar refractivity (Wildman–Crippen MR) is 141 cm³/mol. The monoisotopic (exact) mass is 501 g/mol.